The molecule has 1 aromatic rings. The van der Waals surface area contributed by atoms with Gasteiger partial charge < -0.3 is 19.3 Å². The SMILES string of the molecule is CCN1CCCCC1C(=O)N1CC(=O)N(CCC(=O)OC)CC(OCc2ccncc2)C1. The predicted molar refractivity (Wildman–Crippen MR) is 117 cm³/mol. The second-order valence-electron chi connectivity index (χ2n) is 8.31. The summed E-state index contributed by atoms with van der Waals surface area (Å²) in [6.07, 6.45) is 6.09. The minimum Gasteiger partial charge on any atom is -0.469 e. The van der Waals surface area contributed by atoms with E-state index in [0.717, 1.165) is 37.9 Å². The van der Waals surface area contributed by atoms with Gasteiger partial charge in [0.1, 0.15) is 0 Å². The van der Waals surface area contributed by atoms with Crippen molar-refractivity contribution in [2.75, 3.05) is 46.4 Å². The fourth-order valence-corrected chi connectivity index (χ4v) is 4.35. The van der Waals surface area contributed by atoms with Crippen molar-refractivity contribution in [3.8, 4) is 0 Å². The van der Waals surface area contributed by atoms with Crippen molar-refractivity contribution in [1.29, 1.82) is 0 Å². The van der Waals surface area contributed by atoms with Crippen molar-refractivity contribution in [3.05, 3.63) is 30.1 Å². The zero-order valence-electron chi connectivity index (χ0n) is 19.1. The Kier molecular flexibility index (Phi) is 8.99. The maximum absolute atomic E-state index is 13.4. The summed E-state index contributed by atoms with van der Waals surface area (Å²) in [7, 11) is 1.33. The Bertz CT molecular complexity index is 775. The predicted octanol–water partition coefficient (Wildman–Crippen LogP) is 1.08. The smallest absolute Gasteiger partial charge is 0.307 e. The third-order valence-electron chi connectivity index (χ3n) is 6.19. The molecule has 176 valence electrons. The van der Waals surface area contributed by atoms with Gasteiger partial charge >= 0.3 is 5.97 Å². The van der Waals surface area contributed by atoms with Crippen LogP contribution in [0, 0.1) is 0 Å². The van der Waals surface area contributed by atoms with Crippen LogP contribution in [0.5, 0.6) is 0 Å². The number of hydrogen-bond donors (Lipinski definition) is 0. The van der Waals surface area contributed by atoms with Crippen molar-refractivity contribution >= 4 is 17.8 Å². The van der Waals surface area contributed by atoms with Gasteiger partial charge in [0.25, 0.3) is 0 Å². The molecule has 1 aromatic heterocycles. The summed E-state index contributed by atoms with van der Waals surface area (Å²) >= 11 is 0. The van der Waals surface area contributed by atoms with E-state index in [-0.39, 0.29) is 49.4 Å². The quantitative estimate of drug-likeness (QED) is 0.552. The summed E-state index contributed by atoms with van der Waals surface area (Å²) in [5.41, 5.74) is 0.971. The van der Waals surface area contributed by atoms with Gasteiger partial charge in [0.2, 0.25) is 11.8 Å². The lowest BCUT2D eigenvalue weighted by molar-refractivity contribution is -0.144. The van der Waals surface area contributed by atoms with E-state index in [1.165, 1.54) is 7.11 Å². The molecule has 2 aliphatic heterocycles. The molecule has 9 nitrogen and oxygen atoms in total. The van der Waals surface area contributed by atoms with E-state index >= 15 is 0 Å². The van der Waals surface area contributed by atoms with Crippen LogP contribution in [0.2, 0.25) is 0 Å². The Balaban J connectivity index is 1.73. The molecule has 2 unspecified atom stereocenters. The molecule has 0 spiro atoms. The highest BCUT2D eigenvalue weighted by atomic mass is 16.5. The fraction of sp³-hybridized carbons (Fsp3) is 0.652. The van der Waals surface area contributed by atoms with Crippen LogP contribution in [-0.2, 0) is 30.5 Å². The average molecular weight is 447 g/mol. The minimum atomic E-state index is -0.370. The monoisotopic (exact) mass is 446 g/mol. The van der Waals surface area contributed by atoms with Gasteiger partial charge in [0.05, 0.1) is 38.8 Å². The number of likely N-dealkylation sites (tertiary alicyclic amines) is 1. The van der Waals surface area contributed by atoms with E-state index in [0.29, 0.717) is 19.7 Å². The second kappa shape index (κ2) is 11.9. The highest BCUT2D eigenvalue weighted by molar-refractivity contribution is 5.88. The lowest BCUT2D eigenvalue weighted by Crippen LogP contribution is -2.53. The number of hydrogen-bond acceptors (Lipinski definition) is 7. The minimum absolute atomic E-state index is 0.00315. The van der Waals surface area contributed by atoms with E-state index in [9.17, 15) is 14.4 Å². The summed E-state index contributed by atoms with van der Waals surface area (Å²) in [5.74, 6) is -0.548. The number of ether oxygens (including phenoxy) is 2. The summed E-state index contributed by atoms with van der Waals surface area (Å²) in [6, 6.07) is 3.56. The fourth-order valence-electron chi connectivity index (χ4n) is 4.35. The summed E-state index contributed by atoms with van der Waals surface area (Å²) < 4.78 is 10.9. The normalized spacial score (nSPS) is 22.5. The molecule has 2 aliphatic rings. The zero-order valence-corrected chi connectivity index (χ0v) is 19.1. The molecule has 0 saturated carbocycles. The zero-order chi connectivity index (χ0) is 22.9. The van der Waals surface area contributed by atoms with E-state index < -0.39 is 0 Å². The molecule has 2 amide bonds. The van der Waals surface area contributed by atoms with Crippen LogP contribution in [-0.4, -0.2) is 96.0 Å². The van der Waals surface area contributed by atoms with Crippen molar-refractivity contribution in [1.82, 2.24) is 19.7 Å². The van der Waals surface area contributed by atoms with Crippen LogP contribution in [0.15, 0.2) is 24.5 Å². The first-order chi connectivity index (χ1) is 15.5. The number of likely N-dealkylation sites (N-methyl/N-ethyl adjacent to an activating group) is 1. The number of pyridine rings is 1. The third-order valence-corrected chi connectivity index (χ3v) is 6.19. The summed E-state index contributed by atoms with van der Waals surface area (Å²) in [5, 5.41) is 0. The number of methoxy groups -OCH3 is 1. The number of amides is 2. The number of carbonyl (C=O) groups excluding carboxylic acids is 3. The van der Waals surface area contributed by atoms with Crippen molar-refractivity contribution in [2.45, 2.75) is 51.4 Å². The summed E-state index contributed by atoms with van der Waals surface area (Å²) in [6.45, 7) is 5.06. The number of esters is 1. The molecule has 0 aliphatic carbocycles. The Morgan fingerprint density at radius 3 is 2.69 bits per heavy atom. The molecular formula is C23H34N4O5. The number of aromatic nitrogens is 1. The standard InChI is InChI=1S/C23H34N4O5/c1-3-25-12-5-4-6-20(25)23(30)27-15-19(32-17-18-7-10-24-11-8-18)14-26(21(28)16-27)13-9-22(29)31-2/h7-8,10-11,19-20H,3-6,9,12-17H2,1-2H3. The van der Waals surface area contributed by atoms with Crippen LogP contribution >= 0.6 is 0 Å². The maximum atomic E-state index is 13.4. The van der Waals surface area contributed by atoms with Crippen LogP contribution < -0.4 is 0 Å². The summed E-state index contributed by atoms with van der Waals surface area (Å²) in [4.78, 5) is 47.5. The van der Waals surface area contributed by atoms with E-state index in [1.807, 2.05) is 12.1 Å². The molecule has 3 heterocycles. The van der Waals surface area contributed by atoms with Gasteiger partial charge in [0.15, 0.2) is 0 Å². The highest BCUT2D eigenvalue weighted by Crippen LogP contribution is 2.20. The van der Waals surface area contributed by atoms with Gasteiger partial charge in [-0.2, -0.15) is 0 Å². The largest absolute Gasteiger partial charge is 0.469 e. The van der Waals surface area contributed by atoms with Gasteiger partial charge in [0, 0.05) is 32.0 Å². The van der Waals surface area contributed by atoms with Crippen LogP contribution in [0.3, 0.4) is 0 Å². The molecule has 2 fully saturated rings. The average Bonchev–Trinajstić information content (AvgIpc) is 2.99. The number of carbonyl (C=O) groups is 3. The van der Waals surface area contributed by atoms with Gasteiger partial charge in [-0.3, -0.25) is 24.3 Å². The van der Waals surface area contributed by atoms with Crippen molar-refractivity contribution in [3.63, 3.8) is 0 Å². The molecule has 3 rings (SSSR count). The van der Waals surface area contributed by atoms with Gasteiger partial charge in [-0.1, -0.05) is 13.3 Å². The molecule has 32 heavy (non-hydrogen) atoms. The van der Waals surface area contributed by atoms with E-state index in [4.69, 9.17) is 9.47 Å². The van der Waals surface area contributed by atoms with Gasteiger partial charge in [-0.05, 0) is 43.6 Å². The number of piperidine rings is 1. The molecule has 0 bridgehead atoms. The van der Waals surface area contributed by atoms with Crippen molar-refractivity contribution < 1.29 is 23.9 Å². The van der Waals surface area contributed by atoms with Crippen LogP contribution in [0.1, 0.15) is 38.2 Å². The van der Waals surface area contributed by atoms with Crippen LogP contribution in [0.25, 0.3) is 0 Å². The Hall–Kier alpha value is -2.52. The first-order valence-electron chi connectivity index (χ1n) is 11.4. The topological polar surface area (TPSA) is 92.3 Å². The molecule has 2 saturated heterocycles. The third kappa shape index (κ3) is 6.49. The number of nitrogens with zero attached hydrogens (tertiary/aromatic N) is 4. The molecule has 0 radical (unpaired) electrons. The van der Waals surface area contributed by atoms with Crippen molar-refractivity contribution in [2.24, 2.45) is 0 Å². The Labute approximate surface area is 189 Å². The molecule has 0 aromatic carbocycles. The highest BCUT2D eigenvalue weighted by Gasteiger charge is 2.36. The van der Waals surface area contributed by atoms with Gasteiger partial charge in [-0.25, -0.2) is 0 Å². The second-order valence-corrected chi connectivity index (χ2v) is 8.31. The first-order valence-corrected chi connectivity index (χ1v) is 11.4. The maximum Gasteiger partial charge on any atom is 0.307 e. The lowest BCUT2D eigenvalue weighted by Gasteiger charge is -2.37. The van der Waals surface area contributed by atoms with Gasteiger partial charge in [-0.15, -0.1) is 0 Å². The molecule has 0 N–H and O–H groups in total. The lowest BCUT2D eigenvalue weighted by atomic mass is 10.0. The molecule has 2 atom stereocenters. The Morgan fingerprint density at radius 1 is 1.19 bits per heavy atom. The number of rotatable bonds is 8. The molecule has 9 heteroatoms. The molecular weight excluding hydrogens is 412 g/mol. The Morgan fingerprint density at radius 2 is 1.97 bits per heavy atom. The van der Waals surface area contributed by atoms with E-state index in [1.54, 1.807) is 22.2 Å². The van der Waals surface area contributed by atoms with Crippen LogP contribution in [0.4, 0.5) is 0 Å². The van der Waals surface area contributed by atoms with E-state index in [2.05, 4.69) is 16.8 Å². The first kappa shape index (κ1) is 24.1.